The fraction of sp³-hybridized carbons (Fsp3) is 0.444. The predicted octanol–water partition coefficient (Wildman–Crippen LogP) is 1.96. The summed E-state index contributed by atoms with van der Waals surface area (Å²) >= 11 is 0. The van der Waals surface area contributed by atoms with Crippen molar-refractivity contribution in [3.8, 4) is 0 Å². The molecule has 0 radical (unpaired) electrons. The van der Waals surface area contributed by atoms with Gasteiger partial charge in [0.1, 0.15) is 11.5 Å². The molecule has 1 amide bonds. The molecule has 1 aliphatic heterocycles. The molecule has 114 valence electrons. The van der Waals surface area contributed by atoms with Crippen molar-refractivity contribution < 1.29 is 14.7 Å². The number of anilines is 1. The Hall–Kier alpha value is -1.94. The summed E-state index contributed by atoms with van der Waals surface area (Å²) in [5.74, 6) is -0.622. The van der Waals surface area contributed by atoms with Gasteiger partial charge in [0.15, 0.2) is 5.78 Å². The number of likely N-dealkylation sites (N-methyl/N-ethyl adjacent to an activating group) is 1. The minimum atomic E-state index is -1.10. The number of fused-ring (bicyclic) bond motifs is 3. The lowest BCUT2D eigenvalue weighted by Gasteiger charge is -2.42. The molecule has 1 heterocycles. The number of Topliss-reactive ketones (excluding diaryl/α,β-unsaturated/α-hetero) is 1. The van der Waals surface area contributed by atoms with Crippen LogP contribution < -0.4 is 4.90 Å². The molecule has 3 aliphatic rings. The molecule has 1 aromatic rings. The van der Waals surface area contributed by atoms with E-state index in [0.717, 1.165) is 29.7 Å². The summed E-state index contributed by atoms with van der Waals surface area (Å²) in [7, 11) is 1.78. The highest BCUT2D eigenvalue weighted by molar-refractivity contribution is 6.14. The molecule has 0 saturated heterocycles. The van der Waals surface area contributed by atoms with E-state index in [1.54, 1.807) is 11.9 Å². The van der Waals surface area contributed by atoms with Crippen LogP contribution in [0.15, 0.2) is 35.4 Å². The van der Waals surface area contributed by atoms with Crippen molar-refractivity contribution in [1.82, 2.24) is 0 Å². The summed E-state index contributed by atoms with van der Waals surface area (Å²) in [6, 6.07) is 7.75. The molecule has 0 aromatic heterocycles. The second kappa shape index (κ2) is 4.29. The molecule has 0 saturated carbocycles. The number of nitrogens with zero attached hydrogens (tertiary/aromatic N) is 1. The van der Waals surface area contributed by atoms with E-state index in [1.807, 2.05) is 31.2 Å². The van der Waals surface area contributed by atoms with Crippen LogP contribution in [0.4, 0.5) is 5.69 Å². The fourth-order valence-electron chi connectivity index (χ4n) is 4.69. The zero-order chi connectivity index (χ0) is 15.6. The van der Waals surface area contributed by atoms with Gasteiger partial charge in [-0.3, -0.25) is 9.59 Å². The first kappa shape index (κ1) is 13.7. The van der Waals surface area contributed by atoms with Gasteiger partial charge in [-0.05, 0) is 42.0 Å². The van der Waals surface area contributed by atoms with Crippen LogP contribution >= 0.6 is 0 Å². The van der Waals surface area contributed by atoms with Gasteiger partial charge in [-0.25, -0.2) is 0 Å². The number of carbonyl (C=O) groups is 2. The third-order valence-corrected chi connectivity index (χ3v) is 5.75. The summed E-state index contributed by atoms with van der Waals surface area (Å²) in [5, 5.41) is 10.5. The van der Waals surface area contributed by atoms with E-state index >= 15 is 0 Å². The molecule has 1 spiro atoms. The SMILES string of the molecule is CC1C(O)C(=O)C2=C(CCC2)C12C(=O)N(C)c1ccccc12. The van der Waals surface area contributed by atoms with Crippen molar-refractivity contribution in [3.05, 3.63) is 41.0 Å². The molecule has 1 N–H and O–H groups in total. The van der Waals surface area contributed by atoms with E-state index in [1.165, 1.54) is 0 Å². The van der Waals surface area contributed by atoms with Gasteiger partial charge in [-0.15, -0.1) is 0 Å². The lowest BCUT2D eigenvalue weighted by atomic mass is 9.60. The number of hydrogen-bond donors (Lipinski definition) is 1. The zero-order valence-electron chi connectivity index (χ0n) is 12.8. The van der Waals surface area contributed by atoms with Crippen LogP contribution in [0.25, 0.3) is 0 Å². The van der Waals surface area contributed by atoms with Gasteiger partial charge < -0.3 is 10.0 Å². The van der Waals surface area contributed by atoms with Crippen molar-refractivity contribution in [2.45, 2.75) is 37.7 Å². The summed E-state index contributed by atoms with van der Waals surface area (Å²) in [5.41, 5.74) is 2.63. The fourth-order valence-corrected chi connectivity index (χ4v) is 4.69. The van der Waals surface area contributed by atoms with Gasteiger partial charge in [-0.2, -0.15) is 0 Å². The minimum Gasteiger partial charge on any atom is -0.385 e. The smallest absolute Gasteiger partial charge is 0.242 e. The quantitative estimate of drug-likeness (QED) is 0.796. The molecule has 22 heavy (non-hydrogen) atoms. The van der Waals surface area contributed by atoms with Crippen molar-refractivity contribution in [3.63, 3.8) is 0 Å². The third kappa shape index (κ3) is 1.32. The second-order valence-corrected chi connectivity index (χ2v) is 6.60. The van der Waals surface area contributed by atoms with Crippen LogP contribution in [0.1, 0.15) is 31.7 Å². The number of hydrogen-bond acceptors (Lipinski definition) is 3. The maximum atomic E-state index is 13.2. The second-order valence-electron chi connectivity index (χ2n) is 6.60. The Balaban J connectivity index is 2.08. The largest absolute Gasteiger partial charge is 0.385 e. The maximum Gasteiger partial charge on any atom is 0.242 e. The average molecular weight is 297 g/mol. The van der Waals surface area contributed by atoms with Gasteiger partial charge in [0.2, 0.25) is 5.91 Å². The summed E-state index contributed by atoms with van der Waals surface area (Å²) < 4.78 is 0. The van der Waals surface area contributed by atoms with Gasteiger partial charge in [0.25, 0.3) is 0 Å². The first-order valence-electron chi connectivity index (χ1n) is 7.83. The molecule has 0 fully saturated rings. The van der Waals surface area contributed by atoms with Crippen molar-refractivity contribution in [2.75, 3.05) is 11.9 Å². The lowest BCUT2D eigenvalue weighted by molar-refractivity contribution is -0.133. The normalized spacial score (nSPS) is 33.7. The Morgan fingerprint density at radius 2 is 1.95 bits per heavy atom. The maximum absolute atomic E-state index is 13.2. The van der Waals surface area contributed by atoms with E-state index in [-0.39, 0.29) is 11.7 Å². The van der Waals surface area contributed by atoms with E-state index in [4.69, 9.17) is 0 Å². The molecule has 1 aromatic carbocycles. The van der Waals surface area contributed by atoms with Crippen LogP contribution in [-0.4, -0.2) is 29.9 Å². The van der Waals surface area contributed by atoms with E-state index < -0.39 is 17.4 Å². The molecule has 3 atom stereocenters. The minimum absolute atomic E-state index is 0.0119. The van der Waals surface area contributed by atoms with Crippen molar-refractivity contribution in [1.29, 1.82) is 0 Å². The molecule has 3 unspecified atom stereocenters. The number of benzene rings is 1. The number of aliphatic hydroxyl groups is 1. The van der Waals surface area contributed by atoms with Crippen LogP contribution in [0.3, 0.4) is 0 Å². The van der Waals surface area contributed by atoms with Gasteiger partial charge >= 0.3 is 0 Å². The molecule has 4 rings (SSSR count). The Labute approximate surface area is 129 Å². The van der Waals surface area contributed by atoms with Crippen LogP contribution in [0, 0.1) is 5.92 Å². The van der Waals surface area contributed by atoms with E-state index in [2.05, 4.69) is 0 Å². The number of ketones is 1. The Morgan fingerprint density at radius 1 is 1.23 bits per heavy atom. The monoisotopic (exact) mass is 297 g/mol. The standard InChI is InChI=1S/C18H19NO3/c1-10-15(20)16(21)11-6-5-8-12(11)18(10)13-7-3-4-9-14(13)19(2)17(18)22/h3-4,7,9-10,15,20H,5-6,8H2,1-2H3. The molecular formula is C18H19NO3. The highest BCUT2D eigenvalue weighted by Gasteiger charge is 2.61. The number of amides is 1. The number of rotatable bonds is 0. The number of aliphatic hydroxyl groups excluding tert-OH is 1. The number of carbonyl (C=O) groups excluding carboxylic acids is 2. The van der Waals surface area contributed by atoms with Crippen LogP contribution in [-0.2, 0) is 15.0 Å². The molecule has 4 heteroatoms. The molecule has 2 aliphatic carbocycles. The van der Waals surface area contributed by atoms with E-state index in [0.29, 0.717) is 12.0 Å². The molecule has 0 bridgehead atoms. The van der Waals surface area contributed by atoms with Gasteiger partial charge in [-0.1, -0.05) is 25.1 Å². The Bertz CT molecular complexity index is 736. The van der Waals surface area contributed by atoms with Crippen molar-refractivity contribution >= 4 is 17.4 Å². The van der Waals surface area contributed by atoms with Gasteiger partial charge in [0, 0.05) is 18.7 Å². The lowest BCUT2D eigenvalue weighted by Crippen LogP contribution is -2.54. The molecular weight excluding hydrogens is 278 g/mol. The van der Waals surface area contributed by atoms with Gasteiger partial charge in [0.05, 0.1) is 0 Å². The summed E-state index contributed by atoms with van der Waals surface area (Å²) in [4.78, 5) is 27.3. The van der Waals surface area contributed by atoms with E-state index in [9.17, 15) is 14.7 Å². The predicted molar refractivity (Wildman–Crippen MR) is 82.6 cm³/mol. The highest BCUT2D eigenvalue weighted by Crippen LogP contribution is 2.57. The third-order valence-electron chi connectivity index (χ3n) is 5.75. The highest BCUT2D eigenvalue weighted by atomic mass is 16.3. The van der Waals surface area contributed by atoms with Crippen LogP contribution in [0.5, 0.6) is 0 Å². The van der Waals surface area contributed by atoms with Crippen LogP contribution in [0.2, 0.25) is 0 Å². The Morgan fingerprint density at radius 3 is 2.73 bits per heavy atom. The first-order valence-corrected chi connectivity index (χ1v) is 7.83. The van der Waals surface area contributed by atoms with Crippen molar-refractivity contribution in [2.24, 2.45) is 5.92 Å². The average Bonchev–Trinajstić information content (AvgIpc) is 3.09. The molecule has 4 nitrogen and oxygen atoms in total. The number of para-hydroxylation sites is 1. The summed E-state index contributed by atoms with van der Waals surface area (Å²) in [6.07, 6.45) is 1.24. The summed E-state index contributed by atoms with van der Waals surface area (Å²) in [6.45, 7) is 1.83. The topological polar surface area (TPSA) is 57.6 Å². The zero-order valence-corrected chi connectivity index (χ0v) is 12.8. The first-order chi connectivity index (χ1) is 10.5. The Kier molecular flexibility index (Phi) is 2.67.